The van der Waals surface area contributed by atoms with Crippen LogP contribution in [0.5, 0.6) is 0 Å². The van der Waals surface area contributed by atoms with Crippen molar-refractivity contribution in [3.8, 4) is 0 Å². The molecule has 0 bridgehead atoms. The van der Waals surface area contributed by atoms with Gasteiger partial charge >= 0.3 is 10.4 Å². The van der Waals surface area contributed by atoms with Gasteiger partial charge in [-0.2, -0.15) is 20.2 Å². The zero-order valence-corrected chi connectivity index (χ0v) is 4.27. The van der Waals surface area contributed by atoms with Crippen LogP contribution in [0.15, 0.2) is 0 Å². The maximum Gasteiger partial charge on any atom is 0.490 e. The zero-order chi connectivity index (χ0) is 5.91. The van der Waals surface area contributed by atoms with E-state index >= 15 is 0 Å². The first-order valence-corrected chi connectivity index (χ1v) is 2.58. The van der Waals surface area contributed by atoms with Gasteiger partial charge in [-0.25, -0.2) is 0 Å². The first kappa shape index (κ1) is 6.79. The molecular formula is H6N2O4S+2. The summed E-state index contributed by atoms with van der Waals surface area (Å²) < 4.78 is 26.6. The molecule has 0 spiro atoms. The van der Waals surface area contributed by atoms with Crippen molar-refractivity contribution in [3.63, 3.8) is 0 Å². The van der Waals surface area contributed by atoms with Crippen LogP contribution in [-0.2, 0) is 19.0 Å². The predicted molar refractivity (Wildman–Crippen MR) is 16.9 cm³/mol. The van der Waals surface area contributed by atoms with Gasteiger partial charge in [0.15, 0.2) is 0 Å². The van der Waals surface area contributed by atoms with Gasteiger partial charge in [0, 0.05) is 0 Å². The summed E-state index contributed by atoms with van der Waals surface area (Å²) in [7, 11) is -3.88. The molecular weight excluding hydrogens is 124 g/mol. The highest BCUT2D eigenvalue weighted by Gasteiger charge is 2.10. The van der Waals surface area contributed by atoms with E-state index in [1.165, 1.54) is 0 Å². The Kier molecular flexibility index (Phi) is 2.12. The highest BCUT2D eigenvalue weighted by Crippen LogP contribution is 1.76. The maximum atomic E-state index is 9.80. The molecule has 0 amide bonds. The Morgan fingerprint density at radius 2 is 1.43 bits per heavy atom. The van der Waals surface area contributed by atoms with E-state index in [1.807, 2.05) is 0 Å². The minimum Gasteiger partial charge on any atom is -0.191 e. The van der Waals surface area contributed by atoms with Gasteiger partial charge in [0.2, 0.25) is 0 Å². The second-order valence-corrected chi connectivity index (χ2v) is 1.93. The molecule has 0 saturated carbocycles. The Morgan fingerprint density at radius 3 is 1.43 bits per heavy atom. The molecule has 0 saturated heterocycles. The van der Waals surface area contributed by atoms with Crippen LogP contribution in [0.2, 0.25) is 0 Å². The predicted octanol–water partition coefficient (Wildman–Crippen LogP) is -3.42. The molecule has 0 heterocycles. The number of hydrogen-bond acceptors (Lipinski definition) is 4. The largest absolute Gasteiger partial charge is 0.490 e. The average molecular weight is 130 g/mol. The minimum atomic E-state index is -3.88. The molecule has 44 valence electrons. The second kappa shape index (κ2) is 2.19. The molecule has 6 nitrogen and oxygen atoms in total. The smallest absolute Gasteiger partial charge is 0.191 e. The van der Waals surface area contributed by atoms with Crippen molar-refractivity contribution in [2.75, 3.05) is 0 Å². The van der Waals surface area contributed by atoms with E-state index in [1.54, 1.807) is 0 Å². The van der Waals surface area contributed by atoms with Crippen molar-refractivity contribution in [1.29, 1.82) is 0 Å². The molecule has 7 heteroatoms. The molecule has 0 fully saturated rings. The average Bonchev–Trinajstić information content (AvgIpc) is 1.68. The molecule has 0 aliphatic heterocycles. The van der Waals surface area contributed by atoms with Crippen molar-refractivity contribution in [3.05, 3.63) is 0 Å². The summed E-state index contributed by atoms with van der Waals surface area (Å²) in [5.74, 6) is 5.15. The topological polar surface area (TPSA) is 108 Å². The Bertz CT molecular complexity index is 113. The van der Waals surface area contributed by atoms with E-state index in [9.17, 15) is 8.42 Å². The van der Waals surface area contributed by atoms with Gasteiger partial charge in [-0.15, -0.1) is 0 Å². The monoisotopic (exact) mass is 130 g/mol. The molecule has 0 aromatic carbocycles. The van der Waals surface area contributed by atoms with E-state index in [-0.39, 0.29) is 0 Å². The van der Waals surface area contributed by atoms with Crippen LogP contribution < -0.4 is 11.8 Å². The van der Waals surface area contributed by atoms with Crippen LogP contribution in [0, 0.1) is 0 Å². The molecule has 0 atom stereocenters. The Morgan fingerprint density at radius 1 is 1.14 bits per heavy atom. The Labute approximate surface area is 40.2 Å². The van der Waals surface area contributed by atoms with E-state index in [0.717, 1.165) is 0 Å². The lowest BCUT2D eigenvalue weighted by Crippen LogP contribution is -2.58. The van der Waals surface area contributed by atoms with Crippen LogP contribution in [0.1, 0.15) is 0 Å². The fourth-order valence-electron chi connectivity index (χ4n) is 0.0340. The van der Waals surface area contributed by atoms with E-state index in [4.69, 9.17) is 0 Å². The summed E-state index contributed by atoms with van der Waals surface area (Å²) in [4.78, 5) is 0. The SMILES string of the molecule is [NH3+]OS(=O)(=O)O[NH3+]. The highest BCUT2D eigenvalue weighted by molar-refractivity contribution is 7.81. The lowest BCUT2D eigenvalue weighted by molar-refractivity contribution is -0.673. The molecule has 0 aromatic heterocycles. The van der Waals surface area contributed by atoms with Gasteiger partial charge in [-0.3, -0.25) is 0 Å². The molecule has 0 aliphatic rings. The second-order valence-electron chi connectivity index (χ2n) is 0.644. The molecule has 6 N–H and O–H groups in total. The van der Waals surface area contributed by atoms with Gasteiger partial charge in [-0.1, -0.05) is 0 Å². The van der Waals surface area contributed by atoms with E-state index < -0.39 is 10.4 Å². The Balaban J connectivity index is 3.89. The molecule has 0 aliphatic carbocycles. The van der Waals surface area contributed by atoms with E-state index in [0.29, 0.717) is 0 Å². The Hall–Kier alpha value is -0.210. The summed E-state index contributed by atoms with van der Waals surface area (Å²) in [6, 6.07) is 0. The van der Waals surface area contributed by atoms with Gasteiger partial charge in [0.25, 0.3) is 0 Å². The van der Waals surface area contributed by atoms with Crippen molar-refractivity contribution < 1.29 is 28.8 Å². The van der Waals surface area contributed by atoms with Gasteiger partial charge in [0.05, 0.1) is 0 Å². The van der Waals surface area contributed by atoms with Crippen LogP contribution >= 0.6 is 0 Å². The van der Waals surface area contributed by atoms with Crippen LogP contribution in [0.25, 0.3) is 0 Å². The van der Waals surface area contributed by atoms with Crippen LogP contribution in [-0.4, -0.2) is 8.42 Å². The van der Waals surface area contributed by atoms with Gasteiger partial charge in [0.1, 0.15) is 0 Å². The maximum absolute atomic E-state index is 9.80. The van der Waals surface area contributed by atoms with Crippen LogP contribution in [0.4, 0.5) is 0 Å². The summed E-state index contributed by atoms with van der Waals surface area (Å²) in [6.07, 6.45) is 0. The fraction of sp³-hybridized carbons (Fsp3) is 0. The number of hydrogen-bond donors (Lipinski definition) is 2. The normalized spacial score (nSPS) is 11.7. The highest BCUT2D eigenvalue weighted by atomic mass is 32.3. The first-order valence-electron chi connectivity index (χ1n) is 1.24. The van der Waals surface area contributed by atoms with Gasteiger partial charge < -0.3 is 0 Å². The zero-order valence-electron chi connectivity index (χ0n) is 3.46. The molecule has 0 unspecified atom stereocenters. The fourth-order valence-corrected chi connectivity index (χ4v) is 0.102. The third-order valence-corrected chi connectivity index (χ3v) is 0.866. The van der Waals surface area contributed by atoms with Crippen molar-refractivity contribution >= 4 is 10.4 Å². The number of rotatable bonds is 2. The third kappa shape index (κ3) is 2.48. The standard InChI is InChI=1S/H6N2O4S/c1-5-7(3,4)6-2/h1-2H3/q+2. The summed E-state index contributed by atoms with van der Waals surface area (Å²) in [5, 5.41) is 0. The summed E-state index contributed by atoms with van der Waals surface area (Å²) in [5.41, 5.74) is 0. The summed E-state index contributed by atoms with van der Waals surface area (Å²) in [6.45, 7) is 0. The van der Waals surface area contributed by atoms with Gasteiger partial charge in [-0.05, 0) is 8.57 Å². The van der Waals surface area contributed by atoms with Crippen LogP contribution in [0.3, 0.4) is 0 Å². The van der Waals surface area contributed by atoms with Crippen molar-refractivity contribution in [1.82, 2.24) is 0 Å². The quantitative estimate of drug-likeness (QED) is 0.379. The summed E-state index contributed by atoms with van der Waals surface area (Å²) >= 11 is 0. The molecule has 0 rings (SSSR count). The third-order valence-electron chi connectivity index (χ3n) is 0.289. The number of quaternary nitrogens is 2. The van der Waals surface area contributed by atoms with E-state index in [2.05, 4.69) is 20.4 Å². The van der Waals surface area contributed by atoms with Crippen molar-refractivity contribution in [2.45, 2.75) is 0 Å². The lowest BCUT2D eigenvalue weighted by atomic mass is 13.6. The first-order chi connectivity index (χ1) is 3.12. The minimum absolute atomic E-state index is 2.58. The molecule has 0 radical (unpaired) electrons. The van der Waals surface area contributed by atoms with Crippen molar-refractivity contribution in [2.24, 2.45) is 0 Å². The lowest BCUT2D eigenvalue weighted by Gasteiger charge is -1.82. The molecule has 0 aromatic rings. The molecule has 7 heavy (non-hydrogen) atoms.